The molecule has 2 N–H and O–H groups in total. The van der Waals surface area contributed by atoms with Crippen molar-refractivity contribution in [3.05, 3.63) is 27.1 Å². The Morgan fingerprint density at radius 1 is 1.61 bits per heavy atom. The maximum absolute atomic E-state index is 10.5. The molecule has 5 nitrogen and oxygen atoms in total. The van der Waals surface area contributed by atoms with Crippen molar-refractivity contribution < 1.29 is 10.0 Å². The van der Waals surface area contributed by atoms with Crippen LogP contribution < -0.4 is 5.32 Å². The van der Waals surface area contributed by atoms with Crippen molar-refractivity contribution in [1.82, 2.24) is 5.32 Å². The summed E-state index contributed by atoms with van der Waals surface area (Å²) in [6.07, 6.45) is 0.726. The molecular weight excluding hydrogens is 252 g/mol. The van der Waals surface area contributed by atoms with E-state index in [1.54, 1.807) is 18.4 Å². The highest BCUT2D eigenvalue weighted by Crippen LogP contribution is 2.22. The van der Waals surface area contributed by atoms with Gasteiger partial charge in [-0.3, -0.25) is 10.1 Å². The highest BCUT2D eigenvalue weighted by molar-refractivity contribution is 7.13. The Hall–Kier alpha value is -0.980. The molecule has 0 aliphatic rings. The molecule has 1 heterocycles. The summed E-state index contributed by atoms with van der Waals surface area (Å²) in [7, 11) is 0. The first-order chi connectivity index (χ1) is 8.30. The van der Waals surface area contributed by atoms with E-state index >= 15 is 0 Å². The van der Waals surface area contributed by atoms with Gasteiger partial charge in [-0.25, -0.2) is 0 Å². The molecule has 1 aromatic rings. The SMILES string of the molecule is CC(C)CC(C)(O)CNCc1csc([N+](=O)[O-])c1. The Morgan fingerprint density at radius 2 is 2.28 bits per heavy atom. The molecule has 0 saturated carbocycles. The first-order valence-electron chi connectivity index (χ1n) is 5.95. The van der Waals surface area contributed by atoms with Crippen LogP contribution in [0.1, 0.15) is 32.8 Å². The van der Waals surface area contributed by atoms with Gasteiger partial charge in [0, 0.05) is 24.5 Å². The third-order valence-electron chi connectivity index (χ3n) is 2.50. The molecule has 1 unspecified atom stereocenters. The quantitative estimate of drug-likeness (QED) is 0.591. The minimum atomic E-state index is -0.740. The van der Waals surface area contributed by atoms with E-state index in [-0.39, 0.29) is 9.92 Å². The van der Waals surface area contributed by atoms with Gasteiger partial charge in [-0.15, -0.1) is 0 Å². The number of hydrogen-bond donors (Lipinski definition) is 2. The van der Waals surface area contributed by atoms with Crippen LogP contribution in [0.3, 0.4) is 0 Å². The first-order valence-corrected chi connectivity index (χ1v) is 6.83. The Bertz CT molecular complexity index is 402. The predicted octanol–water partition coefficient (Wildman–Crippen LogP) is 2.54. The van der Waals surface area contributed by atoms with Gasteiger partial charge in [-0.2, -0.15) is 0 Å². The molecule has 0 aromatic carbocycles. The first kappa shape index (κ1) is 15.1. The Morgan fingerprint density at radius 3 is 2.78 bits per heavy atom. The van der Waals surface area contributed by atoms with Crippen LogP contribution in [0.2, 0.25) is 0 Å². The summed E-state index contributed by atoms with van der Waals surface area (Å²) in [6, 6.07) is 1.56. The van der Waals surface area contributed by atoms with Gasteiger partial charge >= 0.3 is 5.00 Å². The van der Waals surface area contributed by atoms with E-state index in [1.807, 2.05) is 0 Å². The van der Waals surface area contributed by atoms with Gasteiger partial charge in [0.2, 0.25) is 0 Å². The van der Waals surface area contributed by atoms with Gasteiger partial charge < -0.3 is 10.4 Å². The fourth-order valence-electron chi connectivity index (χ4n) is 1.98. The molecule has 0 radical (unpaired) electrons. The lowest BCUT2D eigenvalue weighted by atomic mass is 9.94. The third kappa shape index (κ3) is 5.12. The summed E-state index contributed by atoms with van der Waals surface area (Å²) in [6.45, 7) is 6.96. The highest BCUT2D eigenvalue weighted by Gasteiger charge is 2.21. The monoisotopic (exact) mass is 272 g/mol. The van der Waals surface area contributed by atoms with Gasteiger partial charge in [-0.1, -0.05) is 25.2 Å². The number of rotatable bonds is 7. The van der Waals surface area contributed by atoms with E-state index in [0.717, 1.165) is 23.3 Å². The molecule has 18 heavy (non-hydrogen) atoms. The van der Waals surface area contributed by atoms with Crippen molar-refractivity contribution in [3.63, 3.8) is 0 Å². The summed E-state index contributed by atoms with van der Waals surface area (Å²) in [5.41, 5.74) is 0.142. The second kappa shape index (κ2) is 6.26. The van der Waals surface area contributed by atoms with Crippen LogP contribution in [0.5, 0.6) is 0 Å². The summed E-state index contributed by atoms with van der Waals surface area (Å²) < 4.78 is 0. The number of hydrogen-bond acceptors (Lipinski definition) is 5. The summed E-state index contributed by atoms with van der Waals surface area (Å²) in [5.74, 6) is 0.434. The molecule has 0 fully saturated rings. The van der Waals surface area contributed by atoms with Crippen molar-refractivity contribution in [2.24, 2.45) is 5.92 Å². The lowest BCUT2D eigenvalue weighted by molar-refractivity contribution is -0.380. The zero-order chi connectivity index (χ0) is 13.8. The third-order valence-corrected chi connectivity index (χ3v) is 3.43. The molecule has 1 rings (SSSR count). The van der Waals surface area contributed by atoms with Crippen molar-refractivity contribution in [2.45, 2.75) is 39.3 Å². The van der Waals surface area contributed by atoms with Gasteiger partial charge in [0.15, 0.2) is 0 Å². The smallest absolute Gasteiger partial charge is 0.324 e. The summed E-state index contributed by atoms with van der Waals surface area (Å²) in [5, 5.41) is 25.7. The van der Waals surface area contributed by atoms with Crippen LogP contribution in [0.25, 0.3) is 0 Å². The van der Waals surface area contributed by atoms with Gasteiger partial charge in [0.05, 0.1) is 10.5 Å². The molecule has 6 heteroatoms. The standard InChI is InChI=1S/C12H20N2O3S/c1-9(2)5-12(3,15)8-13-6-10-4-11(14(16)17)18-7-10/h4,7,9,13,15H,5-6,8H2,1-3H3. The number of thiophene rings is 1. The van der Waals surface area contributed by atoms with Crippen LogP contribution >= 0.6 is 11.3 Å². The largest absolute Gasteiger partial charge is 0.389 e. The maximum atomic E-state index is 10.5. The van der Waals surface area contributed by atoms with Crippen molar-refractivity contribution >= 4 is 16.3 Å². The molecule has 0 amide bonds. The van der Waals surface area contributed by atoms with Gasteiger partial charge in [0.25, 0.3) is 0 Å². The summed E-state index contributed by atoms with van der Waals surface area (Å²) in [4.78, 5) is 10.1. The zero-order valence-electron chi connectivity index (χ0n) is 11.0. The van der Waals surface area contributed by atoms with Crippen molar-refractivity contribution in [1.29, 1.82) is 0 Å². The van der Waals surface area contributed by atoms with Gasteiger partial charge in [-0.05, 0) is 24.8 Å². The minimum absolute atomic E-state index is 0.153. The van der Waals surface area contributed by atoms with Crippen LogP contribution in [-0.2, 0) is 6.54 Å². The minimum Gasteiger partial charge on any atom is -0.389 e. The fourth-order valence-corrected chi connectivity index (χ4v) is 2.71. The van der Waals surface area contributed by atoms with E-state index in [2.05, 4.69) is 19.2 Å². The van der Waals surface area contributed by atoms with Crippen LogP contribution in [0.4, 0.5) is 5.00 Å². The number of aliphatic hydroxyl groups is 1. The predicted molar refractivity (Wildman–Crippen MR) is 72.8 cm³/mol. The highest BCUT2D eigenvalue weighted by atomic mass is 32.1. The topological polar surface area (TPSA) is 75.4 Å². The second-order valence-corrected chi connectivity index (χ2v) is 6.14. The second-order valence-electron chi connectivity index (χ2n) is 5.25. The zero-order valence-corrected chi connectivity index (χ0v) is 11.8. The van der Waals surface area contributed by atoms with E-state index in [0.29, 0.717) is 19.0 Å². The van der Waals surface area contributed by atoms with Crippen molar-refractivity contribution in [3.8, 4) is 0 Å². The average Bonchev–Trinajstić information content (AvgIpc) is 2.63. The molecule has 0 aliphatic heterocycles. The Kier molecular flexibility index (Phi) is 5.25. The van der Waals surface area contributed by atoms with Crippen LogP contribution in [-0.4, -0.2) is 22.2 Å². The van der Waals surface area contributed by atoms with E-state index in [1.165, 1.54) is 0 Å². The van der Waals surface area contributed by atoms with E-state index in [9.17, 15) is 15.2 Å². The Balaban J connectivity index is 2.39. The molecular formula is C12H20N2O3S. The normalized spacial score (nSPS) is 14.7. The van der Waals surface area contributed by atoms with E-state index < -0.39 is 5.60 Å². The lowest BCUT2D eigenvalue weighted by Crippen LogP contribution is -2.38. The fraction of sp³-hybridized carbons (Fsp3) is 0.667. The average molecular weight is 272 g/mol. The molecule has 102 valence electrons. The Labute approximate surface area is 111 Å². The molecule has 1 aromatic heterocycles. The number of nitrogens with one attached hydrogen (secondary N) is 1. The van der Waals surface area contributed by atoms with Crippen molar-refractivity contribution in [2.75, 3.05) is 6.54 Å². The molecule has 0 saturated heterocycles. The van der Waals surface area contributed by atoms with Gasteiger partial charge in [0.1, 0.15) is 0 Å². The van der Waals surface area contributed by atoms with E-state index in [4.69, 9.17) is 0 Å². The molecule has 0 spiro atoms. The number of nitro groups is 1. The summed E-state index contributed by atoms with van der Waals surface area (Å²) >= 11 is 1.12. The van der Waals surface area contributed by atoms with Crippen LogP contribution in [0, 0.1) is 16.0 Å². The van der Waals surface area contributed by atoms with Crippen LogP contribution in [0.15, 0.2) is 11.4 Å². The molecule has 1 atom stereocenters. The maximum Gasteiger partial charge on any atom is 0.324 e. The molecule has 0 bridgehead atoms. The molecule has 0 aliphatic carbocycles. The number of nitrogens with zero attached hydrogens (tertiary/aromatic N) is 1. The lowest BCUT2D eigenvalue weighted by Gasteiger charge is -2.25.